The first kappa shape index (κ1) is 16.5. The number of unbranched alkanes of at least 4 members (excludes halogenated alkanes) is 2. The van der Waals surface area contributed by atoms with E-state index in [0.717, 1.165) is 29.8 Å². The average Bonchev–Trinajstić information content (AvgIpc) is 2.41. The van der Waals surface area contributed by atoms with Gasteiger partial charge < -0.3 is 5.32 Å². The van der Waals surface area contributed by atoms with Gasteiger partial charge >= 0.3 is 0 Å². The fourth-order valence-electron chi connectivity index (χ4n) is 1.78. The molecule has 0 fully saturated rings. The topological polar surface area (TPSA) is 66.5 Å². The van der Waals surface area contributed by atoms with Crippen molar-refractivity contribution in [3.05, 3.63) is 30.3 Å². The first-order chi connectivity index (χ1) is 9.45. The Morgan fingerprint density at radius 3 is 2.40 bits per heavy atom. The maximum Gasteiger partial charge on any atom is 0.240 e. The van der Waals surface area contributed by atoms with Gasteiger partial charge in [-0.25, -0.2) is 8.42 Å². The van der Waals surface area contributed by atoms with Crippen molar-refractivity contribution in [1.29, 1.82) is 0 Å². The molecule has 0 spiro atoms. The molecular weight excluding hydrogens is 276 g/mol. The van der Waals surface area contributed by atoms with Gasteiger partial charge in [-0.1, -0.05) is 38.0 Å². The predicted octanol–water partition coefficient (Wildman–Crippen LogP) is 1.76. The van der Waals surface area contributed by atoms with Gasteiger partial charge in [0.2, 0.25) is 15.9 Å². The van der Waals surface area contributed by atoms with E-state index in [2.05, 4.69) is 12.2 Å². The van der Waals surface area contributed by atoms with Crippen molar-refractivity contribution in [3.8, 4) is 0 Å². The molecule has 1 aromatic rings. The predicted molar refractivity (Wildman–Crippen MR) is 81.2 cm³/mol. The summed E-state index contributed by atoms with van der Waals surface area (Å²) in [5, 5.41) is 2.74. The molecule has 0 aromatic heterocycles. The average molecular weight is 298 g/mol. The lowest BCUT2D eigenvalue weighted by Crippen LogP contribution is -2.40. The molecule has 0 atom stereocenters. The Hall–Kier alpha value is -1.56. The SMILES string of the molecule is CCCCCNC(=O)CN(c1ccccc1)S(C)(=O)=O. The van der Waals surface area contributed by atoms with Gasteiger partial charge in [-0.15, -0.1) is 0 Å². The summed E-state index contributed by atoms with van der Waals surface area (Å²) in [6.07, 6.45) is 4.14. The molecule has 0 aliphatic carbocycles. The summed E-state index contributed by atoms with van der Waals surface area (Å²) in [6.45, 7) is 2.48. The van der Waals surface area contributed by atoms with E-state index < -0.39 is 10.0 Å². The van der Waals surface area contributed by atoms with Crippen LogP contribution >= 0.6 is 0 Å². The van der Waals surface area contributed by atoms with Crippen molar-refractivity contribution in [2.75, 3.05) is 23.7 Å². The second-order valence-electron chi connectivity index (χ2n) is 4.66. The zero-order valence-electron chi connectivity index (χ0n) is 12.0. The molecule has 0 saturated carbocycles. The quantitative estimate of drug-likeness (QED) is 0.744. The number of nitrogens with zero attached hydrogens (tertiary/aromatic N) is 1. The lowest BCUT2D eigenvalue weighted by molar-refractivity contribution is -0.119. The van der Waals surface area contributed by atoms with Crippen LogP contribution in [0.1, 0.15) is 26.2 Å². The number of nitrogens with one attached hydrogen (secondary N) is 1. The number of benzene rings is 1. The molecular formula is C14H22N2O3S. The van der Waals surface area contributed by atoms with Gasteiger partial charge in [0.05, 0.1) is 11.9 Å². The van der Waals surface area contributed by atoms with E-state index in [1.54, 1.807) is 30.3 Å². The highest BCUT2D eigenvalue weighted by molar-refractivity contribution is 7.92. The molecule has 0 bridgehead atoms. The molecule has 0 radical (unpaired) electrons. The van der Waals surface area contributed by atoms with Gasteiger partial charge in [0.1, 0.15) is 6.54 Å². The third-order valence-electron chi connectivity index (χ3n) is 2.83. The minimum atomic E-state index is -3.48. The van der Waals surface area contributed by atoms with E-state index in [1.165, 1.54) is 0 Å². The molecule has 0 aliphatic heterocycles. The summed E-state index contributed by atoms with van der Waals surface area (Å²) in [6, 6.07) is 8.63. The van der Waals surface area contributed by atoms with Crippen LogP contribution < -0.4 is 9.62 Å². The van der Waals surface area contributed by atoms with Crippen LogP contribution in [0.4, 0.5) is 5.69 Å². The highest BCUT2D eigenvalue weighted by atomic mass is 32.2. The molecule has 20 heavy (non-hydrogen) atoms. The first-order valence-electron chi connectivity index (χ1n) is 6.74. The molecule has 6 heteroatoms. The Morgan fingerprint density at radius 1 is 1.20 bits per heavy atom. The van der Waals surface area contributed by atoms with Crippen molar-refractivity contribution in [1.82, 2.24) is 5.32 Å². The molecule has 112 valence electrons. The highest BCUT2D eigenvalue weighted by Crippen LogP contribution is 2.15. The van der Waals surface area contributed by atoms with Crippen molar-refractivity contribution in [2.45, 2.75) is 26.2 Å². The van der Waals surface area contributed by atoms with E-state index >= 15 is 0 Å². The molecule has 1 N–H and O–H groups in total. The van der Waals surface area contributed by atoms with Gasteiger partial charge in [-0.3, -0.25) is 9.10 Å². The molecule has 0 saturated heterocycles. The number of hydrogen-bond donors (Lipinski definition) is 1. The first-order valence-corrected chi connectivity index (χ1v) is 8.59. The van der Waals surface area contributed by atoms with E-state index in [0.29, 0.717) is 12.2 Å². The van der Waals surface area contributed by atoms with Gasteiger partial charge in [-0.2, -0.15) is 0 Å². The monoisotopic (exact) mass is 298 g/mol. The number of sulfonamides is 1. The molecule has 1 amide bonds. The van der Waals surface area contributed by atoms with E-state index in [-0.39, 0.29) is 12.5 Å². The van der Waals surface area contributed by atoms with Crippen molar-refractivity contribution in [2.24, 2.45) is 0 Å². The Kier molecular flexibility index (Phi) is 6.51. The zero-order valence-corrected chi connectivity index (χ0v) is 12.8. The van der Waals surface area contributed by atoms with E-state index in [1.807, 2.05) is 0 Å². The number of amides is 1. The molecule has 0 heterocycles. The second-order valence-corrected chi connectivity index (χ2v) is 6.57. The third kappa shape index (κ3) is 5.61. The zero-order chi connectivity index (χ0) is 15.0. The van der Waals surface area contributed by atoms with Gasteiger partial charge in [0.15, 0.2) is 0 Å². The van der Waals surface area contributed by atoms with Gasteiger partial charge in [-0.05, 0) is 18.6 Å². The normalized spacial score (nSPS) is 11.1. The Balaban J connectivity index is 2.66. The number of anilines is 1. The summed E-state index contributed by atoms with van der Waals surface area (Å²) < 4.78 is 24.7. The molecule has 0 unspecified atom stereocenters. The van der Waals surface area contributed by atoms with Crippen LogP contribution in [0, 0.1) is 0 Å². The van der Waals surface area contributed by atoms with Crippen LogP contribution in [-0.4, -0.2) is 33.7 Å². The Labute approximate surface area is 121 Å². The van der Waals surface area contributed by atoms with Crippen LogP contribution in [0.25, 0.3) is 0 Å². The number of carbonyl (C=O) groups is 1. The molecule has 1 rings (SSSR count). The number of carbonyl (C=O) groups excluding carboxylic acids is 1. The maximum absolute atomic E-state index is 11.8. The van der Waals surface area contributed by atoms with E-state index in [9.17, 15) is 13.2 Å². The van der Waals surface area contributed by atoms with Crippen LogP contribution in [0.5, 0.6) is 0 Å². The largest absolute Gasteiger partial charge is 0.355 e. The number of hydrogen-bond acceptors (Lipinski definition) is 3. The summed E-state index contributed by atoms with van der Waals surface area (Å²) in [7, 11) is -3.48. The van der Waals surface area contributed by atoms with Crippen LogP contribution in [0.15, 0.2) is 30.3 Å². The summed E-state index contributed by atoms with van der Waals surface area (Å²) in [5.74, 6) is -0.282. The smallest absolute Gasteiger partial charge is 0.240 e. The second kappa shape index (κ2) is 7.89. The van der Waals surface area contributed by atoms with Crippen molar-refractivity contribution in [3.63, 3.8) is 0 Å². The maximum atomic E-state index is 11.8. The summed E-state index contributed by atoms with van der Waals surface area (Å²) >= 11 is 0. The lowest BCUT2D eigenvalue weighted by atomic mass is 10.2. The van der Waals surface area contributed by atoms with Crippen LogP contribution in [0.3, 0.4) is 0 Å². The molecule has 5 nitrogen and oxygen atoms in total. The van der Waals surface area contributed by atoms with Gasteiger partial charge in [0.25, 0.3) is 0 Å². The minimum Gasteiger partial charge on any atom is -0.355 e. The summed E-state index contributed by atoms with van der Waals surface area (Å²) in [5.41, 5.74) is 0.499. The Bertz CT molecular complexity index is 514. The van der Waals surface area contributed by atoms with E-state index in [4.69, 9.17) is 0 Å². The van der Waals surface area contributed by atoms with Crippen molar-refractivity contribution < 1.29 is 13.2 Å². The molecule has 1 aromatic carbocycles. The standard InChI is InChI=1S/C14H22N2O3S/c1-3-4-8-11-15-14(17)12-16(20(2,18)19)13-9-6-5-7-10-13/h5-7,9-10H,3-4,8,11-12H2,1-2H3,(H,15,17). The fourth-order valence-corrected chi connectivity index (χ4v) is 2.64. The lowest BCUT2D eigenvalue weighted by Gasteiger charge is -2.21. The molecule has 0 aliphatic rings. The Morgan fingerprint density at radius 2 is 1.85 bits per heavy atom. The van der Waals surface area contributed by atoms with Crippen LogP contribution in [0.2, 0.25) is 0 Å². The fraction of sp³-hybridized carbons (Fsp3) is 0.500. The third-order valence-corrected chi connectivity index (χ3v) is 3.97. The highest BCUT2D eigenvalue weighted by Gasteiger charge is 2.20. The van der Waals surface area contributed by atoms with Crippen molar-refractivity contribution >= 4 is 21.6 Å². The van der Waals surface area contributed by atoms with Gasteiger partial charge in [0, 0.05) is 6.54 Å². The number of para-hydroxylation sites is 1. The number of rotatable bonds is 8. The minimum absolute atomic E-state index is 0.186. The summed E-state index contributed by atoms with van der Waals surface area (Å²) in [4.78, 5) is 11.8. The van der Waals surface area contributed by atoms with Crippen LogP contribution in [-0.2, 0) is 14.8 Å².